The number of carboxylic acid groups (broad SMARTS) is 1. The maximum atomic E-state index is 12.9. The van der Waals surface area contributed by atoms with Crippen LogP contribution in [0.15, 0.2) is 37.1 Å². The molecule has 2 amide bonds. The van der Waals surface area contributed by atoms with Crippen molar-refractivity contribution >= 4 is 63.1 Å². The van der Waals surface area contributed by atoms with Crippen molar-refractivity contribution in [1.82, 2.24) is 20.2 Å². The Morgan fingerprint density at radius 3 is 2.91 bits per heavy atom. The quantitative estimate of drug-likeness (QED) is 0.195. The zero-order chi connectivity index (χ0) is 23.5. The van der Waals surface area contributed by atoms with Crippen LogP contribution in [0.25, 0.3) is 0 Å². The number of thioether (sulfide) groups is 1. The number of β-lactam (4-membered cyclic amide) rings is 1. The minimum atomic E-state index is -1.23. The zero-order valence-electron chi connectivity index (χ0n) is 16.8. The Balaban J connectivity index is 1.52. The van der Waals surface area contributed by atoms with Crippen molar-refractivity contribution in [1.29, 1.82) is 0 Å². The standard InChI is InChI=1S/C18H17FN6O5S3/c19-3-5-30-24-11(8-7-32-17(20)22-8)14(26)23-12-9-1-2-10(33-18-21-4-6-31-18)13(16(28)29)25(9)15(12)27/h4,6-7,9,12H,1-3,5H2,(H2,20,22)(H,23,26)(H,28,29)/b24-11+/t9-,12+/m1/s1. The first kappa shape index (κ1) is 23.1. The molecule has 2 aromatic heterocycles. The molecule has 0 saturated carbocycles. The third-order valence-corrected chi connectivity index (χ3v) is 7.51. The molecule has 4 rings (SSSR count). The van der Waals surface area contributed by atoms with Gasteiger partial charge in [-0.25, -0.2) is 19.2 Å². The molecule has 2 aliphatic heterocycles. The number of carbonyl (C=O) groups is 3. The highest BCUT2D eigenvalue weighted by molar-refractivity contribution is 8.04. The van der Waals surface area contributed by atoms with Gasteiger partial charge in [0.25, 0.3) is 11.8 Å². The van der Waals surface area contributed by atoms with E-state index in [0.29, 0.717) is 22.1 Å². The first-order valence-corrected chi connectivity index (χ1v) is 12.1. The normalized spacial score (nSPS) is 20.3. The third-order valence-electron chi connectivity index (χ3n) is 4.81. The van der Waals surface area contributed by atoms with Gasteiger partial charge in [0.15, 0.2) is 15.2 Å². The van der Waals surface area contributed by atoms with Crippen LogP contribution in [0.2, 0.25) is 0 Å². The number of amides is 2. The molecular formula is C18H17FN6O5S3. The molecular weight excluding hydrogens is 495 g/mol. The number of thiazole rings is 2. The van der Waals surface area contributed by atoms with Crippen LogP contribution in [0.3, 0.4) is 0 Å². The fourth-order valence-electron chi connectivity index (χ4n) is 3.45. The molecule has 174 valence electrons. The molecule has 33 heavy (non-hydrogen) atoms. The van der Waals surface area contributed by atoms with Crippen LogP contribution < -0.4 is 11.1 Å². The molecule has 0 aromatic carbocycles. The van der Waals surface area contributed by atoms with E-state index >= 15 is 0 Å². The van der Waals surface area contributed by atoms with Gasteiger partial charge in [0.2, 0.25) is 0 Å². The molecule has 4 N–H and O–H groups in total. The second-order valence-corrected chi connectivity index (χ2v) is 9.90. The lowest BCUT2D eigenvalue weighted by Crippen LogP contribution is -2.72. The Hall–Kier alpha value is -3.04. The average molecular weight is 513 g/mol. The summed E-state index contributed by atoms with van der Waals surface area (Å²) in [4.78, 5) is 52.3. The Morgan fingerprint density at radius 2 is 2.27 bits per heavy atom. The van der Waals surface area contributed by atoms with Crippen molar-refractivity contribution in [3.8, 4) is 0 Å². The Morgan fingerprint density at radius 1 is 1.45 bits per heavy atom. The number of alkyl halides is 1. The van der Waals surface area contributed by atoms with Crippen LogP contribution in [-0.2, 0) is 19.2 Å². The number of carbonyl (C=O) groups excluding carboxylic acids is 2. The largest absolute Gasteiger partial charge is 0.477 e. The number of anilines is 1. The molecule has 0 bridgehead atoms. The number of allylic oxidation sites excluding steroid dienone is 1. The molecule has 11 nitrogen and oxygen atoms in total. The number of hydrogen-bond donors (Lipinski definition) is 3. The number of oxime groups is 1. The highest BCUT2D eigenvalue weighted by Crippen LogP contribution is 2.43. The minimum absolute atomic E-state index is 0.102. The summed E-state index contributed by atoms with van der Waals surface area (Å²) in [7, 11) is 0. The molecule has 0 unspecified atom stereocenters. The molecule has 0 spiro atoms. The molecule has 2 aliphatic rings. The maximum Gasteiger partial charge on any atom is 0.353 e. The maximum absolute atomic E-state index is 12.9. The number of rotatable bonds is 9. The van der Waals surface area contributed by atoms with Crippen molar-refractivity contribution in [3.05, 3.63) is 33.3 Å². The Bertz CT molecular complexity index is 1130. The third kappa shape index (κ3) is 4.69. The lowest BCUT2D eigenvalue weighted by atomic mass is 9.86. The van der Waals surface area contributed by atoms with Crippen molar-refractivity contribution in [2.45, 2.75) is 29.3 Å². The van der Waals surface area contributed by atoms with Crippen LogP contribution in [0.5, 0.6) is 0 Å². The van der Waals surface area contributed by atoms with E-state index < -0.39 is 36.5 Å². The van der Waals surface area contributed by atoms with E-state index in [9.17, 15) is 23.9 Å². The Labute approximate surface area is 198 Å². The Kier molecular flexibility index (Phi) is 6.90. The molecule has 1 saturated heterocycles. The predicted octanol–water partition coefficient (Wildman–Crippen LogP) is 1.45. The van der Waals surface area contributed by atoms with E-state index in [-0.39, 0.29) is 28.8 Å². The number of aliphatic carboxylic acids is 1. The molecule has 1 fully saturated rings. The van der Waals surface area contributed by atoms with Gasteiger partial charge in [0.05, 0.1) is 6.04 Å². The van der Waals surface area contributed by atoms with E-state index in [2.05, 4.69) is 20.4 Å². The van der Waals surface area contributed by atoms with E-state index in [4.69, 9.17) is 10.6 Å². The van der Waals surface area contributed by atoms with E-state index in [1.165, 1.54) is 33.4 Å². The number of nitrogens with two attached hydrogens (primary N) is 1. The lowest BCUT2D eigenvalue weighted by Gasteiger charge is -2.49. The van der Waals surface area contributed by atoms with Crippen LogP contribution in [-0.4, -0.2) is 68.8 Å². The van der Waals surface area contributed by atoms with Crippen LogP contribution in [0, 0.1) is 0 Å². The summed E-state index contributed by atoms with van der Waals surface area (Å²) >= 11 is 3.67. The summed E-state index contributed by atoms with van der Waals surface area (Å²) in [5.41, 5.74) is 5.38. The zero-order valence-corrected chi connectivity index (χ0v) is 19.2. The molecule has 0 aliphatic carbocycles. The van der Waals surface area contributed by atoms with E-state index in [1.54, 1.807) is 11.6 Å². The number of carboxylic acids is 1. The minimum Gasteiger partial charge on any atom is -0.477 e. The number of hydrogen-bond acceptors (Lipinski definition) is 11. The lowest BCUT2D eigenvalue weighted by molar-refractivity contribution is -0.155. The number of halogens is 1. The molecule has 15 heteroatoms. The second-order valence-electron chi connectivity index (χ2n) is 6.78. The summed E-state index contributed by atoms with van der Waals surface area (Å²) in [5, 5.41) is 19.4. The monoisotopic (exact) mass is 512 g/mol. The van der Waals surface area contributed by atoms with Gasteiger partial charge in [-0.3, -0.25) is 14.5 Å². The number of nitrogens with one attached hydrogen (secondary N) is 1. The van der Waals surface area contributed by atoms with Gasteiger partial charge in [-0.15, -0.1) is 22.7 Å². The van der Waals surface area contributed by atoms with Crippen LogP contribution in [0.1, 0.15) is 18.5 Å². The average Bonchev–Trinajstić information content (AvgIpc) is 3.46. The van der Waals surface area contributed by atoms with Crippen molar-refractivity contribution in [2.24, 2.45) is 5.16 Å². The number of nitrogen functional groups attached to an aromatic ring is 1. The van der Waals surface area contributed by atoms with Gasteiger partial charge in [-0.2, -0.15) is 0 Å². The summed E-state index contributed by atoms with van der Waals surface area (Å²) in [6.07, 6.45) is 2.48. The van der Waals surface area contributed by atoms with Crippen LogP contribution in [0.4, 0.5) is 9.52 Å². The van der Waals surface area contributed by atoms with E-state index in [0.717, 1.165) is 11.3 Å². The van der Waals surface area contributed by atoms with Gasteiger partial charge >= 0.3 is 5.97 Å². The number of aromatic nitrogens is 2. The predicted molar refractivity (Wildman–Crippen MR) is 119 cm³/mol. The molecule has 2 atom stereocenters. The molecule has 0 radical (unpaired) electrons. The van der Waals surface area contributed by atoms with Crippen molar-refractivity contribution in [3.63, 3.8) is 0 Å². The van der Waals surface area contributed by atoms with Crippen molar-refractivity contribution in [2.75, 3.05) is 19.0 Å². The molecule has 2 aromatic rings. The van der Waals surface area contributed by atoms with Gasteiger partial charge in [0.1, 0.15) is 30.7 Å². The SMILES string of the molecule is Nc1nc(/C(=N\OCCF)C(=O)N[C@@H]2C(=O)N3C(C(=O)O)=C(Sc4nccs4)CC[C@H]23)cs1. The molecule has 4 heterocycles. The first-order valence-electron chi connectivity index (χ1n) is 9.55. The van der Waals surface area contributed by atoms with Gasteiger partial charge < -0.3 is 21.0 Å². The van der Waals surface area contributed by atoms with Crippen molar-refractivity contribution < 1.29 is 28.7 Å². The first-order chi connectivity index (χ1) is 15.9. The topological polar surface area (TPSA) is 160 Å². The smallest absolute Gasteiger partial charge is 0.353 e. The highest BCUT2D eigenvalue weighted by atomic mass is 32.2. The fourth-order valence-corrected chi connectivity index (χ4v) is 5.84. The summed E-state index contributed by atoms with van der Waals surface area (Å²) in [6, 6.07) is -1.47. The second kappa shape index (κ2) is 9.84. The summed E-state index contributed by atoms with van der Waals surface area (Å²) in [5.74, 6) is -2.54. The fraction of sp³-hybridized carbons (Fsp3) is 0.333. The van der Waals surface area contributed by atoms with Gasteiger partial charge in [-0.1, -0.05) is 16.9 Å². The summed E-state index contributed by atoms with van der Waals surface area (Å²) < 4.78 is 13.1. The number of fused-ring (bicyclic) bond motifs is 1. The van der Waals surface area contributed by atoms with Gasteiger partial charge in [0, 0.05) is 21.9 Å². The number of nitrogens with zero attached hydrogens (tertiary/aromatic N) is 4. The van der Waals surface area contributed by atoms with Gasteiger partial charge in [-0.05, 0) is 12.8 Å². The summed E-state index contributed by atoms with van der Waals surface area (Å²) in [6.45, 7) is -1.16. The highest BCUT2D eigenvalue weighted by Gasteiger charge is 2.54. The van der Waals surface area contributed by atoms with E-state index in [1.807, 2.05) is 0 Å². The van der Waals surface area contributed by atoms with Crippen LogP contribution >= 0.6 is 34.4 Å².